The molecule has 40 heavy (non-hydrogen) atoms. The lowest BCUT2D eigenvalue weighted by atomic mass is 10.0. The zero-order chi connectivity index (χ0) is 27.6. The van der Waals surface area contributed by atoms with Crippen molar-refractivity contribution < 1.29 is 5.11 Å². The highest BCUT2D eigenvalue weighted by molar-refractivity contribution is 6.35. The fourth-order valence-electron chi connectivity index (χ4n) is 5.02. The molecule has 0 radical (unpaired) electrons. The highest BCUT2D eigenvalue weighted by Gasteiger charge is 2.16. The van der Waals surface area contributed by atoms with Crippen molar-refractivity contribution in [2.45, 2.75) is 39.2 Å². The van der Waals surface area contributed by atoms with Gasteiger partial charge in [0.05, 0.1) is 22.4 Å². The summed E-state index contributed by atoms with van der Waals surface area (Å²) in [5.41, 5.74) is 6.80. The lowest BCUT2D eigenvalue weighted by molar-refractivity contribution is 0.403. The number of para-hydroxylation sites is 1. The van der Waals surface area contributed by atoms with Gasteiger partial charge in [-0.15, -0.1) is 0 Å². The normalized spacial score (nSPS) is 11.2. The summed E-state index contributed by atoms with van der Waals surface area (Å²) in [7, 11) is 0. The molecule has 0 saturated carbocycles. The number of halogens is 1. The van der Waals surface area contributed by atoms with Gasteiger partial charge in [-0.25, -0.2) is 14.3 Å². The number of fused-ring (bicyclic) bond motifs is 2. The van der Waals surface area contributed by atoms with Crippen LogP contribution in [0.15, 0.2) is 71.9 Å². The van der Waals surface area contributed by atoms with Crippen LogP contribution in [0.2, 0.25) is 5.02 Å². The van der Waals surface area contributed by atoms with Crippen molar-refractivity contribution in [3.05, 3.63) is 116 Å². The van der Waals surface area contributed by atoms with Crippen LogP contribution < -0.4 is 5.69 Å². The van der Waals surface area contributed by atoms with E-state index >= 15 is 0 Å². The highest BCUT2D eigenvalue weighted by Crippen LogP contribution is 2.28. The quantitative estimate of drug-likeness (QED) is 0.183. The van der Waals surface area contributed by atoms with Crippen molar-refractivity contribution in [1.29, 1.82) is 0 Å². The Labute approximate surface area is 235 Å². The Hall–Kier alpha value is -4.74. The van der Waals surface area contributed by atoms with E-state index in [0.717, 1.165) is 58.2 Å². The molecule has 0 bridgehead atoms. The van der Waals surface area contributed by atoms with Crippen LogP contribution in [0.25, 0.3) is 16.6 Å². The molecule has 0 aliphatic heterocycles. The summed E-state index contributed by atoms with van der Waals surface area (Å²) in [6.07, 6.45) is 8.22. The highest BCUT2D eigenvalue weighted by atomic mass is 35.5. The number of aryl methyl sites for hydroxylation is 2. The Morgan fingerprint density at radius 3 is 2.88 bits per heavy atom. The maximum absolute atomic E-state index is 12.6. The van der Waals surface area contributed by atoms with E-state index in [2.05, 4.69) is 50.9 Å². The number of H-pyrrole nitrogens is 2. The molecule has 0 spiro atoms. The number of nitrogens with one attached hydrogen (secondary N) is 2. The van der Waals surface area contributed by atoms with Crippen molar-refractivity contribution in [3.63, 3.8) is 0 Å². The van der Waals surface area contributed by atoms with E-state index < -0.39 is 0 Å². The largest absolute Gasteiger partial charge is 0.493 e. The number of unbranched alkanes of at least 4 members (excludes halogenated alkanes) is 1. The smallest absolute Gasteiger partial charge is 0.328 e. The summed E-state index contributed by atoms with van der Waals surface area (Å²) in [6.45, 7) is 2.50. The zero-order valence-electron chi connectivity index (χ0n) is 21.9. The van der Waals surface area contributed by atoms with Gasteiger partial charge < -0.3 is 15.1 Å². The van der Waals surface area contributed by atoms with Gasteiger partial charge in [0.25, 0.3) is 0 Å². The van der Waals surface area contributed by atoms with Gasteiger partial charge >= 0.3 is 5.69 Å². The second-order valence-corrected chi connectivity index (χ2v) is 10.2. The third kappa shape index (κ3) is 4.99. The van der Waals surface area contributed by atoms with Gasteiger partial charge in [-0.2, -0.15) is 5.10 Å². The van der Waals surface area contributed by atoms with Crippen LogP contribution in [-0.2, 0) is 19.4 Å². The average molecular weight is 551 g/mol. The van der Waals surface area contributed by atoms with Crippen LogP contribution >= 0.6 is 11.6 Å². The third-order valence-corrected chi connectivity index (χ3v) is 7.45. The van der Waals surface area contributed by atoms with Gasteiger partial charge in [0.1, 0.15) is 5.69 Å². The van der Waals surface area contributed by atoms with Crippen molar-refractivity contribution in [3.8, 4) is 17.7 Å². The Morgan fingerprint density at radius 2 is 2.00 bits per heavy atom. The first-order valence-electron chi connectivity index (χ1n) is 13.1. The monoisotopic (exact) mass is 550 g/mol. The molecule has 6 aromatic rings. The molecule has 0 aliphatic carbocycles. The summed E-state index contributed by atoms with van der Waals surface area (Å²) >= 11 is 6.26. The maximum atomic E-state index is 12.6. The molecular formula is C31H27ClN6O2. The summed E-state index contributed by atoms with van der Waals surface area (Å²) in [4.78, 5) is 22.9. The lowest BCUT2D eigenvalue weighted by Gasteiger charge is -2.06. The van der Waals surface area contributed by atoms with Gasteiger partial charge in [0, 0.05) is 36.3 Å². The molecule has 9 heteroatoms. The molecule has 4 heterocycles. The van der Waals surface area contributed by atoms with Gasteiger partial charge in [-0.1, -0.05) is 41.8 Å². The fraction of sp³-hybridized carbons (Fsp3) is 0.194. The molecule has 2 aromatic carbocycles. The first-order chi connectivity index (χ1) is 19.5. The van der Waals surface area contributed by atoms with E-state index in [1.165, 1.54) is 10.1 Å². The van der Waals surface area contributed by atoms with Crippen LogP contribution in [0.5, 0.6) is 5.88 Å². The number of aromatic hydroxyl groups is 1. The van der Waals surface area contributed by atoms with E-state index in [0.29, 0.717) is 23.7 Å². The van der Waals surface area contributed by atoms with E-state index in [9.17, 15) is 9.90 Å². The number of benzene rings is 2. The summed E-state index contributed by atoms with van der Waals surface area (Å²) in [5.74, 6) is 6.40. The van der Waals surface area contributed by atoms with Crippen LogP contribution in [-0.4, -0.2) is 34.2 Å². The predicted molar refractivity (Wildman–Crippen MR) is 156 cm³/mol. The molecule has 0 fully saturated rings. The van der Waals surface area contributed by atoms with Crippen molar-refractivity contribution in [2.75, 3.05) is 0 Å². The number of rotatable bonds is 7. The average Bonchev–Trinajstić information content (AvgIpc) is 3.63. The molecule has 0 unspecified atom stereocenters. The van der Waals surface area contributed by atoms with Crippen LogP contribution in [0.3, 0.4) is 0 Å². The molecular weight excluding hydrogens is 524 g/mol. The Balaban J connectivity index is 1.07. The number of aromatic nitrogens is 6. The number of aromatic amines is 2. The van der Waals surface area contributed by atoms with Gasteiger partial charge in [-0.05, 0) is 73.1 Å². The minimum Gasteiger partial charge on any atom is -0.493 e. The van der Waals surface area contributed by atoms with E-state index in [-0.39, 0.29) is 11.6 Å². The Morgan fingerprint density at radius 1 is 1.10 bits per heavy atom. The molecule has 200 valence electrons. The van der Waals surface area contributed by atoms with Crippen molar-refractivity contribution in [1.82, 2.24) is 29.1 Å². The zero-order valence-corrected chi connectivity index (χ0v) is 22.7. The molecule has 0 saturated heterocycles. The fourth-order valence-corrected chi connectivity index (χ4v) is 5.25. The Bertz CT molecular complexity index is 1970. The molecule has 0 aliphatic rings. The standard InChI is InChI=1S/C31H27ClN6O2/c1-20-16-21(10-11-22(20)12-13-24-19-33-28-9-5-14-35-38(24)28)6-2-3-15-37-30(39)27(36-31(37)40)17-23-18-34-29-25(23)7-4-8-26(29)32/h4-5,7-11,14,16,18-19,34,39H,2-3,6,15,17H2,1H3,(H,36,40). The maximum Gasteiger partial charge on any atom is 0.328 e. The second-order valence-electron chi connectivity index (χ2n) is 9.83. The van der Waals surface area contributed by atoms with Crippen LogP contribution in [0.1, 0.15) is 46.5 Å². The minimum absolute atomic E-state index is 0.0127. The van der Waals surface area contributed by atoms with Crippen LogP contribution in [0, 0.1) is 18.8 Å². The minimum atomic E-state index is -0.301. The molecule has 0 amide bonds. The summed E-state index contributed by atoms with van der Waals surface area (Å²) < 4.78 is 3.14. The molecule has 8 nitrogen and oxygen atoms in total. The SMILES string of the molecule is Cc1cc(CCCCn2c(O)c(Cc3c[nH]c4c(Cl)cccc34)[nH]c2=O)ccc1C#Cc1cnc2cccnn12. The lowest BCUT2D eigenvalue weighted by Crippen LogP contribution is -2.16. The van der Waals surface area contributed by atoms with Crippen molar-refractivity contribution >= 4 is 28.2 Å². The topological polar surface area (TPSA) is 104 Å². The number of hydrogen-bond acceptors (Lipinski definition) is 4. The molecule has 0 atom stereocenters. The second kappa shape index (κ2) is 10.8. The van der Waals surface area contributed by atoms with E-state index in [1.54, 1.807) is 16.9 Å². The van der Waals surface area contributed by atoms with E-state index in [4.69, 9.17) is 11.6 Å². The summed E-state index contributed by atoms with van der Waals surface area (Å²) in [6, 6.07) is 15.7. The van der Waals surface area contributed by atoms with Gasteiger partial charge in [0.15, 0.2) is 5.65 Å². The summed E-state index contributed by atoms with van der Waals surface area (Å²) in [5, 5.41) is 16.7. The predicted octanol–water partition coefficient (Wildman–Crippen LogP) is 5.38. The van der Waals surface area contributed by atoms with Gasteiger partial charge in [0.2, 0.25) is 5.88 Å². The number of hydrogen-bond donors (Lipinski definition) is 3. The first kappa shape index (κ1) is 25.5. The first-order valence-corrected chi connectivity index (χ1v) is 13.5. The van der Waals surface area contributed by atoms with Crippen LogP contribution in [0.4, 0.5) is 0 Å². The molecule has 3 N–H and O–H groups in total. The molecule has 6 rings (SSSR count). The van der Waals surface area contributed by atoms with Crippen molar-refractivity contribution in [2.24, 2.45) is 0 Å². The Kier molecular flexibility index (Phi) is 6.89. The van der Waals surface area contributed by atoms with Gasteiger partial charge in [-0.3, -0.25) is 4.57 Å². The molecule has 4 aromatic heterocycles. The number of imidazole rings is 2. The number of nitrogens with zero attached hydrogens (tertiary/aromatic N) is 4. The van der Waals surface area contributed by atoms with E-state index in [1.807, 2.05) is 42.6 Å². The third-order valence-electron chi connectivity index (χ3n) is 7.14.